The molecule has 1 aliphatic carbocycles. The lowest BCUT2D eigenvalue weighted by Gasteiger charge is -2.26. The standard InChI is InChI=1S/C25H28ClN7O4/c1-31(14-25(15-34)6-7-25)21(35)13-32-12-19(22(30-32)17-10-16(26)4-5-20(17)37-2)29-24(36)18-11-28-33-9-3-8-27-23(18)33/h3-5,8-12,22,30,34H,6-7,13-15H2,1-2H3,(H,29,36). The molecule has 3 heterocycles. The molecule has 37 heavy (non-hydrogen) atoms. The second-order valence-corrected chi connectivity index (χ2v) is 9.91. The summed E-state index contributed by atoms with van der Waals surface area (Å²) in [7, 11) is 3.29. The summed E-state index contributed by atoms with van der Waals surface area (Å²) in [6.45, 7) is 0.587. The van der Waals surface area contributed by atoms with Crippen molar-refractivity contribution in [2.75, 3.05) is 33.9 Å². The van der Waals surface area contributed by atoms with Gasteiger partial charge in [0.05, 0.1) is 31.7 Å². The van der Waals surface area contributed by atoms with Crippen LogP contribution in [-0.4, -0.2) is 75.3 Å². The highest BCUT2D eigenvalue weighted by Gasteiger charge is 2.43. The monoisotopic (exact) mass is 525 g/mol. The molecule has 3 N–H and O–H groups in total. The number of carbonyl (C=O) groups excluding carboxylic acids is 2. The van der Waals surface area contributed by atoms with E-state index in [1.165, 1.54) is 10.7 Å². The number of amides is 2. The van der Waals surface area contributed by atoms with Gasteiger partial charge in [0.1, 0.15) is 17.9 Å². The Morgan fingerprint density at radius 2 is 2.19 bits per heavy atom. The second-order valence-electron chi connectivity index (χ2n) is 9.47. The number of aliphatic hydroxyl groups is 1. The quantitative estimate of drug-likeness (QED) is 0.386. The van der Waals surface area contributed by atoms with Gasteiger partial charge in [0.25, 0.3) is 5.91 Å². The zero-order chi connectivity index (χ0) is 26.2. The van der Waals surface area contributed by atoms with E-state index in [2.05, 4.69) is 20.8 Å². The van der Waals surface area contributed by atoms with Crippen molar-refractivity contribution in [3.8, 4) is 5.75 Å². The largest absolute Gasteiger partial charge is 0.496 e. The van der Waals surface area contributed by atoms with Crippen molar-refractivity contribution in [3.05, 3.63) is 70.9 Å². The summed E-state index contributed by atoms with van der Waals surface area (Å²) >= 11 is 6.29. The van der Waals surface area contributed by atoms with Crippen molar-refractivity contribution in [1.82, 2.24) is 35.2 Å². The Bertz CT molecular complexity index is 1370. The lowest BCUT2D eigenvalue weighted by Crippen LogP contribution is -2.43. The number of aliphatic hydroxyl groups excluding tert-OH is 1. The minimum absolute atomic E-state index is 0.0228. The maximum atomic E-state index is 13.3. The number of rotatable bonds is 9. The highest BCUT2D eigenvalue weighted by atomic mass is 35.5. The molecule has 1 fully saturated rings. The highest BCUT2D eigenvalue weighted by Crippen LogP contribution is 2.45. The molecule has 2 aliphatic rings. The summed E-state index contributed by atoms with van der Waals surface area (Å²) in [5.74, 6) is 0.0555. The molecule has 0 radical (unpaired) electrons. The topological polar surface area (TPSA) is 124 Å². The molecule has 2 aromatic heterocycles. The van der Waals surface area contributed by atoms with Crippen molar-refractivity contribution < 1.29 is 19.4 Å². The fraction of sp³-hybridized carbons (Fsp3) is 0.360. The van der Waals surface area contributed by atoms with Crippen LogP contribution >= 0.6 is 11.6 Å². The highest BCUT2D eigenvalue weighted by molar-refractivity contribution is 6.30. The summed E-state index contributed by atoms with van der Waals surface area (Å²) in [4.78, 5) is 32.1. The normalized spacial score (nSPS) is 18.0. The van der Waals surface area contributed by atoms with Crippen molar-refractivity contribution in [2.24, 2.45) is 5.41 Å². The SMILES string of the molecule is COc1ccc(Cl)cc1C1NN(CC(=O)N(C)CC2(CO)CC2)C=C1NC(=O)c1cnn2cccnc12. The lowest BCUT2D eigenvalue weighted by molar-refractivity contribution is -0.132. The number of hydrogen-bond acceptors (Lipinski definition) is 8. The van der Waals surface area contributed by atoms with E-state index in [1.807, 2.05) is 0 Å². The Morgan fingerprint density at radius 1 is 1.38 bits per heavy atom. The van der Waals surface area contributed by atoms with Gasteiger partial charge in [0.15, 0.2) is 5.65 Å². The fourth-order valence-corrected chi connectivity index (χ4v) is 4.65. The minimum atomic E-state index is -0.544. The van der Waals surface area contributed by atoms with Crippen LogP contribution in [0.3, 0.4) is 0 Å². The number of methoxy groups -OCH3 is 1. The molecule has 194 valence electrons. The summed E-state index contributed by atoms with van der Waals surface area (Å²) in [5, 5.41) is 18.9. The van der Waals surface area contributed by atoms with Gasteiger partial charge >= 0.3 is 0 Å². The van der Waals surface area contributed by atoms with Crippen molar-refractivity contribution >= 4 is 29.1 Å². The maximum Gasteiger partial charge on any atom is 0.261 e. The van der Waals surface area contributed by atoms with Gasteiger partial charge in [0.2, 0.25) is 5.91 Å². The van der Waals surface area contributed by atoms with E-state index < -0.39 is 11.9 Å². The predicted molar refractivity (Wildman–Crippen MR) is 136 cm³/mol. The number of aromatic nitrogens is 3. The summed E-state index contributed by atoms with van der Waals surface area (Å²) in [6, 6.07) is 6.41. The van der Waals surface area contributed by atoms with Crippen LogP contribution in [0.2, 0.25) is 5.02 Å². The Hall–Kier alpha value is -3.67. The molecule has 1 unspecified atom stereocenters. The molecule has 1 saturated carbocycles. The third kappa shape index (κ3) is 5.10. The van der Waals surface area contributed by atoms with Crippen molar-refractivity contribution in [1.29, 1.82) is 0 Å². The van der Waals surface area contributed by atoms with Crippen LogP contribution in [0, 0.1) is 5.41 Å². The first-order valence-corrected chi connectivity index (χ1v) is 12.2. The van der Waals surface area contributed by atoms with Crippen LogP contribution in [0.5, 0.6) is 5.75 Å². The molecular weight excluding hydrogens is 498 g/mol. The van der Waals surface area contributed by atoms with Crippen molar-refractivity contribution in [2.45, 2.75) is 18.9 Å². The van der Waals surface area contributed by atoms with E-state index in [0.717, 1.165) is 12.8 Å². The van der Waals surface area contributed by atoms with Gasteiger partial charge in [-0.15, -0.1) is 0 Å². The van der Waals surface area contributed by atoms with E-state index >= 15 is 0 Å². The molecule has 3 aromatic rings. The number of carbonyl (C=O) groups is 2. The molecule has 0 saturated heterocycles. The molecular formula is C25H28ClN7O4. The maximum absolute atomic E-state index is 13.3. The minimum Gasteiger partial charge on any atom is -0.496 e. The van der Waals surface area contributed by atoms with E-state index in [9.17, 15) is 14.7 Å². The number of ether oxygens (including phenoxy) is 1. The molecule has 5 rings (SSSR count). The van der Waals surface area contributed by atoms with Gasteiger partial charge in [-0.2, -0.15) is 5.10 Å². The zero-order valence-electron chi connectivity index (χ0n) is 20.5. The zero-order valence-corrected chi connectivity index (χ0v) is 21.3. The van der Waals surface area contributed by atoms with E-state index in [1.54, 1.807) is 66.9 Å². The van der Waals surface area contributed by atoms with E-state index in [-0.39, 0.29) is 24.5 Å². The summed E-state index contributed by atoms with van der Waals surface area (Å²) < 4.78 is 7.07. The van der Waals surface area contributed by atoms with Gasteiger partial charge in [-0.05, 0) is 37.1 Å². The number of nitrogens with one attached hydrogen (secondary N) is 2. The number of nitrogens with zero attached hydrogens (tertiary/aromatic N) is 5. The summed E-state index contributed by atoms with van der Waals surface area (Å²) in [6.07, 6.45) is 8.27. The number of halogens is 1. The van der Waals surface area contributed by atoms with Gasteiger partial charge in [-0.25, -0.2) is 14.9 Å². The second kappa shape index (κ2) is 10.0. The predicted octanol–water partition coefficient (Wildman–Crippen LogP) is 1.75. The molecule has 2 amide bonds. The molecule has 1 aromatic carbocycles. The summed E-state index contributed by atoms with van der Waals surface area (Å²) in [5.41, 5.74) is 5.03. The Balaban J connectivity index is 1.39. The van der Waals surface area contributed by atoms with E-state index in [0.29, 0.717) is 39.8 Å². The fourth-order valence-electron chi connectivity index (χ4n) is 4.47. The number of fused-ring (bicyclic) bond motifs is 1. The van der Waals surface area contributed by atoms with Crippen LogP contribution in [0.15, 0.2) is 54.8 Å². The third-order valence-corrected chi connectivity index (χ3v) is 7.02. The van der Waals surface area contributed by atoms with Crippen LogP contribution in [0.4, 0.5) is 0 Å². The molecule has 11 nitrogen and oxygen atoms in total. The van der Waals surface area contributed by atoms with Crippen LogP contribution in [0.25, 0.3) is 5.65 Å². The van der Waals surface area contributed by atoms with Crippen LogP contribution in [-0.2, 0) is 4.79 Å². The smallest absolute Gasteiger partial charge is 0.261 e. The Morgan fingerprint density at radius 3 is 2.92 bits per heavy atom. The Kier molecular flexibility index (Phi) is 6.76. The molecule has 1 atom stereocenters. The number of benzene rings is 1. The van der Waals surface area contributed by atoms with Gasteiger partial charge in [-0.3, -0.25) is 9.59 Å². The third-order valence-electron chi connectivity index (χ3n) is 6.78. The molecule has 0 bridgehead atoms. The van der Waals surface area contributed by atoms with Crippen LogP contribution in [0.1, 0.15) is 34.8 Å². The molecule has 12 heteroatoms. The number of likely N-dealkylation sites (N-methyl/N-ethyl adjacent to an activating group) is 1. The first kappa shape index (κ1) is 25.0. The average molecular weight is 526 g/mol. The average Bonchev–Trinajstić information content (AvgIpc) is 3.35. The lowest BCUT2D eigenvalue weighted by atomic mass is 10.0. The Labute approximate surface area is 218 Å². The van der Waals surface area contributed by atoms with Crippen LogP contribution < -0.4 is 15.5 Å². The van der Waals surface area contributed by atoms with Gasteiger partial charge < -0.3 is 25.1 Å². The molecule has 1 aliphatic heterocycles. The number of hydrogen-bond donors (Lipinski definition) is 3. The molecule has 0 spiro atoms. The van der Waals surface area contributed by atoms with Crippen molar-refractivity contribution in [3.63, 3.8) is 0 Å². The first-order valence-electron chi connectivity index (χ1n) is 11.8. The van der Waals surface area contributed by atoms with E-state index in [4.69, 9.17) is 16.3 Å². The van der Waals surface area contributed by atoms with Gasteiger partial charge in [0, 0.05) is 48.2 Å². The van der Waals surface area contributed by atoms with Gasteiger partial charge in [-0.1, -0.05) is 11.6 Å². The first-order chi connectivity index (χ1) is 17.8. The number of hydrazine groups is 1.